The summed E-state index contributed by atoms with van der Waals surface area (Å²) < 4.78 is 80.7. The minimum Gasteiger partial charge on any atom is -0.370 e. The number of primary amides is 1. The predicted molar refractivity (Wildman–Crippen MR) is 88.4 cm³/mol. The fraction of sp³-hybridized carbons (Fsp3) is 0.235. The lowest BCUT2D eigenvalue weighted by molar-refractivity contribution is -0.137. The van der Waals surface area contributed by atoms with Crippen molar-refractivity contribution in [3.8, 4) is 11.1 Å². The molecule has 0 bridgehead atoms. The van der Waals surface area contributed by atoms with E-state index in [0.717, 1.165) is 42.5 Å². The van der Waals surface area contributed by atoms with Crippen LogP contribution in [0.25, 0.3) is 11.1 Å². The molecule has 2 N–H and O–H groups in total. The Morgan fingerprint density at radius 1 is 1.07 bits per heavy atom. The second kappa shape index (κ2) is 8.05. The molecule has 0 aliphatic rings. The fourth-order valence-electron chi connectivity index (χ4n) is 2.21. The summed E-state index contributed by atoms with van der Waals surface area (Å²) in [6.45, 7) is -0.298. The lowest BCUT2D eigenvalue weighted by Gasteiger charge is -2.10. The first kappa shape index (κ1) is 20.8. The molecule has 2 rings (SSSR count). The maximum atomic E-state index is 14.3. The Hall–Kier alpha value is -2.46. The summed E-state index contributed by atoms with van der Waals surface area (Å²) in [7, 11) is -4.25. The molecule has 0 aliphatic heterocycles. The number of benzene rings is 2. The standard InChI is InChI=1S/C17H15F4NO4S/c18-15-10-13(27(24,25)26-9-1-2-16(22)23)7-8-14(15)11-3-5-12(6-4-11)17(19,20)21/h3-8,10H,1-2,9H2,(H2,22,23). The highest BCUT2D eigenvalue weighted by Gasteiger charge is 2.30. The molecule has 0 atom stereocenters. The summed E-state index contributed by atoms with van der Waals surface area (Å²) in [5.74, 6) is -1.54. The Morgan fingerprint density at radius 3 is 2.22 bits per heavy atom. The van der Waals surface area contributed by atoms with Crippen LogP contribution in [-0.4, -0.2) is 20.9 Å². The summed E-state index contributed by atoms with van der Waals surface area (Å²) in [5.41, 5.74) is 4.14. The van der Waals surface area contributed by atoms with E-state index in [2.05, 4.69) is 0 Å². The van der Waals surface area contributed by atoms with Crippen molar-refractivity contribution in [1.29, 1.82) is 0 Å². The van der Waals surface area contributed by atoms with E-state index in [0.29, 0.717) is 0 Å². The number of hydrogen-bond acceptors (Lipinski definition) is 4. The highest BCUT2D eigenvalue weighted by Crippen LogP contribution is 2.32. The number of carbonyl (C=O) groups is 1. The quantitative estimate of drug-likeness (QED) is 0.434. The number of halogens is 4. The lowest BCUT2D eigenvalue weighted by Crippen LogP contribution is -2.13. The lowest BCUT2D eigenvalue weighted by atomic mass is 10.0. The largest absolute Gasteiger partial charge is 0.416 e. The highest BCUT2D eigenvalue weighted by atomic mass is 32.2. The van der Waals surface area contributed by atoms with Crippen molar-refractivity contribution in [2.75, 3.05) is 6.61 Å². The van der Waals surface area contributed by atoms with Crippen molar-refractivity contribution in [3.05, 3.63) is 53.8 Å². The minimum atomic E-state index is -4.51. The van der Waals surface area contributed by atoms with E-state index >= 15 is 0 Å². The molecular formula is C17H15F4NO4S. The van der Waals surface area contributed by atoms with Gasteiger partial charge in [0.15, 0.2) is 0 Å². The van der Waals surface area contributed by atoms with Crippen LogP contribution in [0.3, 0.4) is 0 Å². The molecule has 2 aromatic carbocycles. The Kier molecular flexibility index (Phi) is 6.22. The van der Waals surface area contributed by atoms with Crippen LogP contribution in [0.5, 0.6) is 0 Å². The van der Waals surface area contributed by atoms with Crippen LogP contribution in [0.4, 0.5) is 17.6 Å². The first-order valence-corrected chi connectivity index (χ1v) is 9.06. The van der Waals surface area contributed by atoms with Crippen LogP contribution in [0.15, 0.2) is 47.4 Å². The minimum absolute atomic E-state index is 0.0588. The second-order valence-corrected chi connectivity index (χ2v) is 7.18. The third-order valence-electron chi connectivity index (χ3n) is 3.56. The topological polar surface area (TPSA) is 86.5 Å². The van der Waals surface area contributed by atoms with Gasteiger partial charge in [0.2, 0.25) is 5.91 Å². The van der Waals surface area contributed by atoms with Crippen molar-refractivity contribution in [3.63, 3.8) is 0 Å². The molecule has 146 valence electrons. The zero-order valence-electron chi connectivity index (χ0n) is 13.8. The molecule has 0 fully saturated rings. The van der Waals surface area contributed by atoms with Gasteiger partial charge in [0.05, 0.1) is 17.1 Å². The predicted octanol–water partition coefficient (Wildman–Crippen LogP) is 3.48. The third-order valence-corrected chi connectivity index (χ3v) is 4.87. The molecule has 0 saturated carbocycles. The van der Waals surface area contributed by atoms with Gasteiger partial charge in [-0.3, -0.25) is 8.98 Å². The summed E-state index contributed by atoms with van der Waals surface area (Å²) in [4.78, 5) is 10.1. The van der Waals surface area contributed by atoms with Crippen LogP contribution in [0.2, 0.25) is 0 Å². The molecule has 2 aromatic rings. The summed E-state index contributed by atoms with van der Waals surface area (Å²) in [6.07, 6.45) is -4.49. The van der Waals surface area contributed by atoms with E-state index in [-0.39, 0.29) is 30.6 Å². The van der Waals surface area contributed by atoms with Crippen molar-refractivity contribution in [2.45, 2.75) is 23.9 Å². The van der Waals surface area contributed by atoms with Gasteiger partial charge in [0.1, 0.15) is 5.82 Å². The number of alkyl halides is 3. The summed E-state index contributed by atoms with van der Waals surface area (Å²) >= 11 is 0. The van der Waals surface area contributed by atoms with Crippen LogP contribution in [0.1, 0.15) is 18.4 Å². The Bertz CT molecular complexity index is 925. The Labute approximate surface area is 152 Å². The summed E-state index contributed by atoms with van der Waals surface area (Å²) in [6, 6.07) is 6.74. The van der Waals surface area contributed by atoms with Gasteiger partial charge >= 0.3 is 6.18 Å². The van der Waals surface area contributed by atoms with E-state index in [9.17, 15) is 30.8 Å². The maximum absolute atomic E-state index is 14.3. The van der Waals surface area contributed by atoms with E-state index in [1.54, 1.807) is 0 Å². The van der Waals surface area contributed by atoms with E-state index < -0.39 is 38.5 Å². The molecule has 0 aliphatic carbocycles. The highest BCUT2D eigenvalue weighted by molar-refractivity contribution is 7.86. The van der Waals surface area contributed by atoms with E-state index in [1.165, 1.54) is 0 Å². The molecule has 0 heterocycles. The van der Waals surface area contributed by atoms with Crippen LogP contribution in [0, 0.1) is 5.82 Å². The molecule has 1 amide bonds. The SMILES string of the molecule is NC(=O)CCCOS(=O)(=O)c1ccc(-c2ccc(C(F)(F)F)cc2)c(F)c1. The zero-order valence-corrected chi connectivity index (χ0v) is 14.6. The molecule has 0 radical (unpaired) electrons. The molecule has 10 heteroatoms. The molecule has 5 nitrogen and oxygen atoms in total. The first-order chi connectivity index (χ1) is 12.5. The van der Waals surface area contributed by atoms with Gasteiger partial charge in [-0.25, -0.2) is 4.39 Å². The van der Waals surface area contributed by atoms with Gasteiger partial charge in [-0.1, -0.05) is 18.2 Å². The second-order valence-electron chi connectivity index (χ2n) is 5.56. The monoisotopic (exact) mass is 405 g/mol. The third kappa shape index (κ3) is 5.51. The zero-order chi connectivity index (χ0) is 20.2. The molecule has 0 saturated heterocycles. The van der Waals surface area contributed by atoms with E-state index in [1.807, 2.05) is 0 Å². The van der Waals surface area contributed by atoms with Crippen molar-refractivity contribution < 1.29 is 35.0 Å². The molecule has 0 unspecified atom stereocenters. The Balaban J connectivity index is 2.18. The van der Waals surface area contributed by atoms with Crippen molar-refractivity contribution in [2.24, 2.45) is 5.73 Å². The van der Waals surface area contributed by atoms with Crippen molar-refractivity contribution >= 4 is 16.0 Å². The number of carbonyl (C=O) groups excluding carboxylic acids is 1. The van der Waals surface area contributed by atoms with Gasteiger partial charge in [-0.2, -0.15) is 21.6 Å². The Morgan fingerprint density at radius 2 is 1.70 bits per heavy atom. The molecule has 0 spiro atoms. The van der Waals surface area contributed by atoms with E-state index in [4.69, 9.17) is 9.92 Å². The first-order valence-electron chi connectivity index (χ1n) is 7.65. The van der Waals surface area contributed by atoms with Crippen molar-refractivity contribution in [1.82, 2.24) is 0 Å². The number of hydrogen-bond donors (Lipinski definition) is 1. The summed E-state index contributed by atoms with van der Waals surface area (Å²) in [5, 5.41) is 0. The number of rotatable bonds is 7. The maximum Gasteiger partial charge on any atom is 0.416 e. The van der Waals surface area contributed by atoms with Gasteiger partial charge in [0, 0.05) is 12.0 Å². The smallest absolute Gasteiger partial charge is 0.370 e. The number of amides is 1. The van der Waals surface area contributed by atoms with Gasteiger partial charge in [-0.05, 0) is 36.2 Å². The van der Waals surface area contributed by atoms with Gasteiger partial charge < -0.3 is 5.73 Å². The molecule has 27 heavy (non-hydrogen) atoms. The molecule has 0 aromatic heterocycles. The fourth-order valence-corrected chi connectivity index (χ4v) is 3.16. The van der Waals surface area contributed by atoms with Gasteiger partial charge in [0.25, 0.3) is 10.1 Å². The average molecular weight is 405 g/mol. The number of nitrogens with two attached hydrogens (primary N) is 1. The average Bonchev–Trinajstić information content (AvgIpc) is 2.58. The van der Waals surface area contributed by atoms with Crippen LogP contribution >= 0.6 is 0 Å². The van der Waals surface area contributed by atoms with Gasteiger partial charge in [-0.15, -0.1) is 0 Å². The van der Waals surface area contributed by atoms with Crippen LogP contribution < -0.4 is 5.73 Å². The molecular weight excluding hydrogens is 390 g/mol. The van der Waals surface area contributed by atoms with Crippen LogP contribution in [-0.2, 0) is 25.3 Å². The normalized spacial score (nSPS) is 12.1.